The van der Waals surface area contributed by atoms with E-state index < -0.39 is 5.54 Å². The van der Waals surface area contributed by atoms with Crippen molar-refractivity contribution in [2.75, 3.05) is 11.9 Å². The molecule has 2 nitrogen and oxygen atoms in total. The Hall–Kier alpha value is -2.09. The quantitative estimate of drug-likeness (QED) is 0.763. The van der Waals surface area contributed by atoms with Gasteiger partial charge in [0.05, 0.1) is 0 Å². The topological polar surface area (TPSA) is 20.3 Å². The zero-order valence-electron chi connectivity index (χ0n) is 10.7. The van der Waals surface area contributed by atoms with Gasteiger partial charge in [-0.15, -0.1) is 0 Å². The van der Waals surface area contributed by atoms with E-state index in [1.165, 1.54) is 0 Å². The number of hydrogen-bond acceptors (Lipinski definition) is 2. The highest BCUT2D eigenvalue weighted by molar-refractivity contribution is 5.74. The van der Waals surface area contributed by atoms with E-state index in [-0.39, 0.29) is 0 Å². The number of rotatable bonds is 4. The molecule has 2 rings (SSSR count). The zero-order chi connectivity index (χ0) is 13.0. The third kappa shape index (κ3) is 2.14. The van der Waals surface area contributed by atoms with Gasteiger partial charge < -0.3 is 9.69 Å². The van der Waals surface area contributed by atoms with Crippen LogP contribution in [0.2, 0.25) is 0 Å². The molecule has 2 heteroatoms. The SMILES string of the molecule is CN(c1ccccc1)[C@@](C)(C=O)c1ccccc1. The minimum absolute atomic E-state index is 0.650. The van der Waals surface area contributed by atoms with Gasteiger partial charge >= 0.3 is 0 Å². The molecule has 18 heavy (non-hydrogen) atoms. The third-order valence-corrected chi connectivity index (χ3v) is 3.43. The molecule has 0 spiro atoms. The summed E-state index contributed by atoms with van der Waals surface area (Å²) < 4.78 is 0. The third-order valence-electron chi connectivity index (χ3n) is 3.43. The lowest BCUT2D eigenvalue weighted by molar-refractivity contribution is -0.112. The molecular weight excluding hydrogens is 222 g/mol. The first-order chi connectivity index (χ1) is 8.68. The summed E-state index contributed by atoms with van der Waals surface area (Å²) >= 11 is 0. The first kappa shape index (κ1) is 12.4. The molecule has 0 aromatic heterocycles. The van der Waals surface area contributed by atoms with Gasteiger partial charge in [-0.05, 0) is 24.6 Å². The summed E-state index contributed by atoms with van der Waals surface area (Å²) in [5, 5.41) is 0. The molecule has 92 valence electrons. The van der Waals surface area contributed by atoms with Crippen molar-refractivity contribution < 1.29 is 4.79 Å². The molecule has 0 amide bonds. The van der Waals surface area contributed by atoms with Gasteiger partial charge in [-0.25, -0.2) is 0 Å². The second kappa shape index (κ2) is 5.05. The highest BCUT2D eigenvalue weighted by Gasteiger charge is 2.31. The van der Waals surface area contributed by atoms with E-state index in [1.807, 2.05) is 79.5 Å². The van der Waals surface area contributed by atoms with Crippen LogP contribution in [-0.2, 0) is 10.3 Å². The summed E-state index contributed by atoms with van der Waals surface area (Å²) in [5.74, 6) is 0. The van der Waals surface area contributed by atoms with Gasteiger partial charge in [-0.1, -0.05) is 48.5 Å². The van der Waals surface area contributed by atoms with E-state index in [1.54, 1.807) is 0 Å². The summed E-state index contributed by atoms with van der Waals surface area (Å²) in [5.41, 5.74) is 1.37. The smallest absolute Gasteiger partial charge is 0.149 e. The number of nitrogens with zero attached hydrogens (tertiary/aromatic N) is 1. The number of likely N-dealkylation sites (N-methyl/N-ethyl adjacent to an activating group) is 1. The van der Waals surface area contributed by atoms with Crippen LogP contribution in [-0.4, -0.2) is 13.3 Å². The molecule has 0 saturated heterocycles. The fraction of sp³-hybridized carbons (Fsp3) is 0.188. The first-order valence-corrected chi connectivity index (χ1v) is 5.99. The lowest BCUT2D eigenvalue weighted by Gasteiger charge is -2.36. The number of hydrogen-bond donors (Lipinski definition) is 0. The van der Waals surface area contributed by atoms with Crippen LogP contribution < -0.4 is 4.90 Å². The number of carbonyl (C=O) groups is 1. The Morgan fingerprint density at radius 1 is 0.944 bits per heavy atom. The Labute approximate surface area is 108 Å². The molecule has 0 heterocycles. The average molecular weight is 239 g/mol. The summed E-state index contributed by atoms with van der Waals surface area (Å²) in [6.07, 6.45) is 0.995. The van der Waals surface area contributed by atoms with E-state index in [9.17, 15) is 4.79 Å². The Balaban J connectivity index is 2.42. The molecule has 0 fully saturated rings. The standard InChI is InChI=1S/C16H17NO/c1-16(13-18,14-9-5-3-6-10-14)17(2)15-11-7-4-8-12-15/h3-13H,1-2H3/t16-/m0/s1. The monoisotopic (exact) mass is 239 g/mol. The lowest BCUT2D eigenvalue weighted by Crippen LogP contribution is -2.42. The fourth-order valence-electron chi connectivity index (χ4n) is 2.04. The van der Waals surface area contributed by atoms with Crippen LogP contribution in [0.15, 0.2) is 60.7 Å². The highest BCUT2D eigenvalue weighted by Crippen LogP contribution is 2.29. The van der Waals surface area contributed by atoms with Crippen molar-refractivity contribution in [1.29, 1.82) is 0 Å². The zero-order valence-corrected chi connectivity index (χ0v) is 10.7. The average Bonchev–Trinajstić information content (AvgIpc) is 2.47. The second-order valence-electron chi connectivity index (χ2n) is 4.53. The van der Waals surface area contributed by atoms with E-state index in [0.717, 1.165) is 17.5 Å². The second-order valence-corrected chi connectivity index (χ2v) is 4.53. The van der Waals surface area contributed by atoms with Crippen molar-refractivity contribution in [3.05, 3.63) is 66.2 Å². The minimum atomic E-state index is -0.650. The van der Waals surface area contributed by atoms with Gasteiger partial charge in [0.1, 0.15) is 11.8 Å². The van der Waals surface area contributed by atoms with Crippen LogP contribution in [0.25, 0.3) is 0 Å². The van der Waals surface area contributed by atoms with E-state index in [4.69, 9.17) is 0 Å². The lowest BCUT2D eigenvalue weighted by atomic mass is 9.91. The van der Waals surface area contributed by atoms with E-state index in [2.05, 4.69) is 0 Å². The Bertz CT molecular complexity index is 509. The molecule has 0 radical (unpaired) electrons. The molecule has 0 bridgehead atoms. The van der Waals surface area contributed by atoms with Gasteiger partial charge in [0.2, 0.25) is 0 Å². The van der Waals surface area contributed by atoms with Crippen molar-refractivity contribution in [2.24, 2.45) is 0 Å². The molecule has 0 aliphatic heterocycles. The summed E-state index contributed by atoms with van der Waals surface area (Å²) in [6, 6.07) is 19.8. The van der Waals surface area contributed by atoms with Gasteiger partial charge in [-0.2, -0.15) is 0 Å². The van der Waals surface area contributed by atoms with Crippen LogP contribution in [0.3, 0.4) is 0 Å². The predicted molar refractivity (Wildman–Crippen MR) is 74.7 cm³/mol. The maximum Gasteiger partial charge on any atom is 0.149 e. The maximum atomic E-state index is 11.6. The fourth-order valence-corrected chi connectivity index (χ4v) is 2.04. The largest absolute Gasteiger partial charge is 0.359 e. The number of aldehydes is 1. The molecule has 0 aliphatic rings. The van der Waals surface area contributed by atoms with Crippen molar-refractivity contribution >= 4 is 12.0 Å². The van der Waals surface area contributed by atoms with Crippen molar-refractivity contribution in [3.8, 4) is 0 Å². The van der Waals surface area contributed by atoms with Gasteiger partial charge in [-0.3, -0.25) is 0 Å². The van der Waals surface area contributed by atoms with Crippen molar-refractivity contribution in [3.63, 3.8) is 0 Å². The maximum absolute atomic E-state index is 11.6. The van der Waals surface area contributed by atoms with Gasteiger partial charge in [0.25, 0.3) is 0 Å². The molecule has 1 atom stereocenters. The van der Waals surface area contributed by atoms with Crippen molar-refractivity contribution in [2.45, 2.75) is 12.5 Å². The molecule has 0 aliphatic carbocycles. The highest BCUT2D eigenvalue weighted by atomic mass is 16.1. The molecule has 0 saturated carbocycles. The van der Waals surface area contributed by atoms with Crippen LogP contribution in [0, 0.1) is 0 Å². The number of carbonyl (C=O) groups excluding carboxylic acids is 1. The van der Waals surface area contributed by atoms with E-state index in [0.29, 0.717) is 0 Å². The molecule has 0 N–H and O–H groups in total. The van der Waals surface area contributed by atoms with Crippen LogP contribution in [0.1, 0.15) is 12.5 Å². The summed E-state index contributed by atoms with van der Waals surface area (Å²) in [6.45, 7) is 1.93. The normalized spacial score (nSPS) is 13.7. The summed E-state index contributed by atoms with van der Waals surface area (Å²) in [4.78, 5) is 13.6. The molecule has 2 aromatic carbocycles. The van der Waals surface area contributed by atoms with Gasteiger partial charge in [0, 0.05) is 12.7 Å². The van der Waals surface area contributed by atoms with E-state index >= 15 is 0 Å². The first-order valence-electron chi connectivity index (χ1n) is 5.99. The van der Waals surface area contributed by atoms with Crippen molar-refractivity contribution in [1.82, 2.24) is 0 Å². The van der Waals surface area contributed by atoms with Crippen LogP contribution >= 0.6 is 0 Å². The molecule has 0 unspecified atom stereocenters. The Kier molecular flexibility index (Phi) is 3.47. The summed E-state index contributed by atoms with van der Waals surface area (Å²) in [7, 11) is 1.94. The van der Waals surface area contributed by atoms with Gasteiger partial charge in [0.15, 0.2) is 0 Å². The van der Waals surface area contributed by atoms with Crippen LogP contribution in [0.5, 0.6) is 0 Å². The number of benzene rings is 2. The Morgan fingerprint density at radius 2 is 1.44 bits per heavy atom. The minimum Gasteiger partial charge on any atom is -0.359 e. The molecule has 2 aromatic rings. The van der Waals surface area contributed by atoms with Crippen LogP contribution in [0.4, 0.5) is 5.69 Å². The predicted octanol–water partition coefficient (Wildman–Crippen LogP) is 3.24. The number of para-hydroxylation sites is 1. The molecular formula is C16H17NO. The Morgan fingerprint density at radius 3 is 1.94 bits per heavy atom. The number of anilines is 1.